The Bertz CT molecular complexity index is 416. The molecule has 104 valence electrons. The maximum absolute atomic E-state index is 11.9. The zero-order valence-electron chi connectivity index (χ0n) is 11.0. The van der Waals surface area contributed by atoms with Crippen LogP contribution in [-0.4, -0.2) is 19.1 Å². The minimum absolute atomic E-state index is 0.175. The molecule has 0 aromatic heterocycles. The predicted molar refractivity (Wildman–Crippen MR) is 76.5 cm³/mol. The molecule has 0 heterocycles. The second-order valence-electron chi connectivity index (χ2n) is 4.93. The Hall–Kier alpha value is -1.22. The molecule has 0 aliphatic heterocycles. The summed E-state index contributed by atoms with van der Waals surface area (Å²) in [6.45, 7) is 1.01. The van der Waals surface area contributed by atoms with Crippen molar-refractivity contribution < 1.29 is 9.53 Å². The van der Waals surface area contributed by atoms with Gasteiger partial charge in [0, 0.05) is 10.9 Å². The Morgan fingerprint density at radius 3 is 2.84 bits per heavy atom. The molecule has 0 saturated heterocycles. The van der Waals surface area contributed by atoms with Crippen molar-refractivity contribution in [2.45, 2.75) is 32.1 Å². The number of hydrogen-bond donors (Lipinski definition) is 1. The SMILES string of the molecule is O=C(NCCOc1cccc(Cl)c1)C1CCCCC1. The van der Waals surface area contributed by atoms with Crippen LogP contribution in [0.25, 0.3) is 0 Å². The average Bonchev–Trinajstić information content (AvgIpc) is 2.44. The summed E-state index contributed by atoms with van der Waals surface area (Å²) >= 11 is 5.86. The number of nitrogens with one attached hydrogen (secondary N) is 1. The Balaban J connectivity index is 1.65. The molecule has 1 aliphatic carbocycles. The summed E-state index contributed by atoms with van der Waals surface area (Å²) in [5.74, 6) is 1.12. The topological polar surface area (TPSA) is 38.3 Å². The third-order valence-corrected chi connectivity index (χ3v) is 3.68. The zero-order valence-corrected chi connectivity index (χ0v) is 11.8. The molecule has 3 nitrogen and oxygen atoms in total. The first kappa shape index (κ1) is 14.2. The summed E-state index contributed by atoms with van der Waals surface area (Å²) in [5, 5.41) is 3.60. The first-order valence-corrected chi connectivity index (χ1v) is 7.29. The highest BCUT2D eigenvalue weighted by Crippen LogP contribution is 2.23. The van der Waals surface area contributed by atoms with E-state index < -0.39 is 0 Å². The van der Waals surface area contributed by atoms with Crippen LogP contribution in [0.2, 0.25) is 5.02 Å². The van der Waals surface area contributed by atoms with Crippen molar-refractivity contribution in [1.29, 1.82) is 0 Å². The van der Waals surface area contributed by atoms with Crippen molar-refractivity contribution in [3.63, 3.8) is 0 Å². The van der Waals surface area contributed by atoms with Gasteiger partial charge in [0.1, 0.15) is 12.4 Å². The van der Waals surface area contributed by atoms with Crippen molar-refractivity contribution in [3.8, 4) is 5.75 Å². The number of carbonyl (C=O) groups is 1. The molecule has 1 N–H and O–H groups in total. The molecule has 1 amide bonds. The zero-order chi connectivity index (χ0) is 13.5. The van der Waals surface area contributed by atoms with Crippen LogP contribution in [0.4, 0.5) is 0 Å². The molecule has 4 heteroatoms. The highest BCUT2D eigenvalue weighted by atomic mass is 35.5. The molecule has 19 heavy (non-hydrogen) atoms. The van der Waals surface area contributed by atoms with E-state index in [0.717, 1.165) is 18.6 Å². The number of halogens is 1. The van der Waals surface area contributed by atoms with Gasteiger partial charge in [0.05, 0.1) is 6.54 Å². The van der Waals surface area contributed by atoms with Crippen LogP contribution in [0, 0.1) is 5.92 Å². The summed E-state index contributed by atoms with van der Waals surface area (Å²) in [7, 11) is 0. The van der Waals surface area contributed by atoms with Gasteiger partial charge in [-0.2, -0.15) is 0 Å². The lowest BCUT2D eigenvalue weighted by Gasteiger charge is -2.20. The number of carbonyl (C=O) groups excluding carboxylic acids is 1. The maximum Gasteiger partial charge on any atom is 0.223 e. The van der Waals surface area contributed by atoms with Crippen LogP contribution in [0.15, 0.2) is 24.3 Å². The molecule has 0 atom stereocenters. The van der Waals surface area contributed by atoms with Gasteiger partial charge >= 0.3 is 0 Å². The Morgan fingerprint density at radius 2 is 2.11 bits per heavy atom. The lowest BCUT2D eigenvalue weighted by molar-refractivity contribution is -0.126. The van der Waals surface area contributed by atoms with Crippen molar-refractivity contribution in [1.82, 2.24) is 5.32 Å². The molecule has 1 aromatic carbocycles. The Morgan fingerprint density at radius 1 is 1.32 bits per heavy atom. The standard InChI is InChI=1S/C15H20ClNO2/c16-13-7-4-8-14(11-13)19-10-9-17-15(18)12-5-2-1-3-6-12/h4,7-8,11-12H,1-3,5-6,9-10H2,(H,17,18). The minimum atomic E-state index is 0.175. The fraction of sp³-hybridized carbons (Fsp3) is 0.533. The molecule has 1 aromatic rings. The largest absolute Gasteiger partial charge is 0.492 e. The smallest absolute Gasteiger partial charge is 0.223 e. The molecule has 0 spiro atoms. The maximum atomic E-state index is 11.9. The third-order valence-electron chi connectivity index (χ3n) is 3.44. The van der Waals surface area contributed by atoms with Gasteiger partial charge in [0.25, 0.3) is 0 Å². The quantitative estimate of drug-likeness (QED) is 0.840. The summed E-state index contributed by atoms with van der Waals surface area (Å²) in [4.78, 5) is 11.9. The summed E-state index contributed by atoms with van der Waals surface area (Å²) in [6, 6.07) is 7.27. The molecular weight excluding hydrogens is 262 g/mol. The van der Waals surface area contributed by atoms with Crippen LogP contribution in [0.3, 0.4) is 0 Å². The lowest BCUT2D eigenvalue weighted by atomic mass is 9.89. The minimum Gasteiger partial charge on any atom is -0.492 e. The van der Waals surface area contributed by atoms with E-state index in [9.17, 15) is 4.79 Å². The number of amides is 1. The fourth-order valence-electron chi connectivity index (χ4n) is 2.41. The monoisotopic (exact) mass is 281 g/mol. The number of ether oxygens (including phenoxy) is 1. The average molecular weight is 282 g/mol. The van der Waals surface area contributed by atoms with E-state index in [2.05, 4.69) is 5.32 Å². The van der Waals surface area contributed by atoms with E-state index in [0.29, 0.717) is 18.2 Å². The van der Waals surface area contributed by atoms with E-state index in [1.54, 1.807) is 12.1 Å². The van der Waals surface area contributed by atoms with Gasteiger partial charge in [-0.25, -0.2) is 0 Å². The Kier molecular flexibility index (Phi) is 5.52. The molecule has 1 aliphatic rings. The van der Waals surface area contributed by atoms with Gasteiger partial charge in [-0.05, 0) is 31.0 Å². The van der Waals surface area contributed by atoms with Gasteiger partial charge in [-0.3, -0.25) is 4.79 Å². The summed E-state index contributed by atoms with van der Waals surface area (Å²) < 4.78 is 5.53. The molecule has 1 saturated carbocycles. The molecule has 2 rings (SSSR count). The van der Waals surface area contributed by atoms with Crippen molar-refractivity contribution >= 4 is 17.5 Å². The van der Waals surface area contributed by atoms with Crippen LogP contribution in [0.1, 0.15) is 32.1 Å². The molecular formula is C15H20ClNO2. The number of hydrogen-bond acceptors (Lipinski definition) is 2. The van der Waals surface area contributed by atoms with Crippen molar-refractivity contribution in [2.24, 2.45) is 5.92 Å². The third kappa shape index (κ3) is 4.75. The van der Waals surface area contributed by atoms with Gasteiger partial charge in [-0.1, -0.05) is 36.9 Å². The molecule has 1 fully saturated rings. The highest BCUT2D eigenvalue weighted by molar-refractivity contribution is 6.30. The van der Waals surface area contributed by atoms with Gasteiger partial charge in [0.2, 0.25) is 5.91 Å². The van der Waals surface area contributed by atoms with E-state index in [1.807, 2.05) is 12.1 Å². The highest BCUT2D eigenvalue weighted by Gasteiger charge is 2.20. The van der Waals surface area contributed by atoms with Crippen molar-refractivity contribution in [3.05, 3.63) is 29.3 Å². The lowest BCUT2D eigenvalue weighted by Crippen LogP contribution is -2.34. The van der Waals surface area contributed by atoms with Crippen molar-refractivity contribution in [2.75, 3.05) is 13.2 Å². The van der Waals surface area contributed by atoms with E-state index in [1.165, 1.54) is 19.3 Å². The normalized spacial score (nSPS) is 16.1. The van der Waals surface area contributed by atoms with E-state index in [-0.39, 0.29) is 11.8 Å². The number of benzene rings is 1. The second-order valence-corrected chi connectivity index (χ2v) is 5.37. The van der Waals surface area contributed by atoms with Crippen LogP contribution >= 0.6 is 11.6 Å². The van der Waals surface area contributed by atoms with Crippen LogP contribution in [0.5, 0.6) is 5.75 Å². The molecule has 0 bridgehead atoms. The van der Waals surface area contributed by atoms with Crippen LogP contribution in [-0.2, 0) is 4.79 Å². The van der Waals surface area contributed by atoms with Gasteiger partial charge in [0.15, 0.2) is 0 Å². The Labute approximate surface area is 119 Å². The first-order chi connectivity index (χ1) is 9.25. The second kappa shape index (κ2) is 7.39. The van der Waals surface area contributed by atoms with E-state index in [4.69, 9.17) is 16.3 Å². The van der Waals surface area contributed by atoms with Gasteiger partial charge in [-0.15, -0.1) is 0 Å². The summed E-state index contributed by atoms with van der Waals surface area (Å²) in [5.41, 5.74) is 0. The summed E-state index contributed by atoms with van der Waals surface area (Å²) in [6.07, 6.45) is 5.68. The number of rotatable bonds is 5. The van der Waals surface area contributed by atoms with Crippen LogP contribution < -0.4 is 10.1 Å². The molecule has 0 radical (unpaired) electrons. The van der Waals surface area contributed by atoms with E-state index >= 15 is 0 Å². The first-order valence-electron chi connectivity index (χ1n) is 6.92. The predicted octanol–water partition coefficient (Wildman–Crippen LogP) is 3.42. The fourth-order valence-corrected chi connectivity index (χ4v) is 2.59. The van der Waals surface area contributed by atoms with Gasteiger partial charge < -0.3 is 10.1 Å². The molecule has 0 unspecified atom stereocenters.